The van der Waals surface area contributed by atoms with Crippen LogP contribution >= 0.6 is 0 Å². The van der Waals surface area contributed by atoms with Crippen LogP contribution in [0.5, 0.6) is 0 Å². The number of fused-ring (bicyclic) bond motifs is 5. The number of carboxylic acid groups (broad SMARTS) is 1. The summed E-state index contributed by atoms with van der Waals surface area (Å²) in [4.78, 5) is 24.5. The van der Waals surface area contributed by atoms with Gasteiger partial charge in [0.2, 0.25) is 0 Å². The zero-order chi connectivity index (χ0) is 16.8. The van der Waals surface area contributed by atoms with Crippen LogP contribution < -0.4 is 5.43 Å². The minimum Gasteiger partial charge on any atom is -0.478 e. The van der Waals surface area contributed by atoms with Gasteiger partial charge in [-0.25, -0.2) is 4.79 Å². The van der Waals surface area contributed by atoms with Gasteiger partial charge in [-0.3, -0.25) is 4.79 Å². The van der Waals surface area contributed by atoms with Gasteiger partial charge in [0, 0.05) is 10.8 Å². The highest BCUT2D eigenvalue weighted by Crippen LogP contribution is 2.31. The number of hydrogen-bond acceptors (Lipinski definition) is 2. The summed E-state index contributed by atoms with van der Waals surface area (Å²) in [6.07, 6.45) is 0. The summed E-state index contributed by atoms with van der Waals surface area (Å²) in [7, 11) is 0. The lowest BCUT2D eigenvalue weighted by Gasteiger charge is -2.06. The Labute approximate surface area is 137 Å². The first kappa shape index (κ1) is 14.4. The minimum absolute atomic E-state index is 0.0336. The monoisotopic (exact) mass is 314 g/mol. The lowest BCUT2D eigenvalue weighted by molar-refractivity contribution is 0.0697. The lowest BCUT2D eigenvalue weighted by Crippen LogP contribution is -1.97. The molecular formula is C21H14O3. The van der Waals surface area contributed by atoms with Gasteiger partial charge in [-0.1, -0.05) is 48.5 Å². The normalized spacial score (nSPS) is 11.2. The second-order valence-electron chi connectivity index (χ2n) is 5.94. The quantitative estimate of drug-likeness (QED) is 0.562. The molecule has 0 saturated carbocycles. The molecule has 0 atom stereocenters. The van der Waals surface area contributed by atoms with E-state index < -0.39 is 5.97 Å². The number of rotatable bonds is 1. The maximum absolute atomic E-state index is 13.0. The van der Waals surface area contributed by atoms with E-state index in [0.717, 1.165) is 27.1 Å². The molecule has 0 aliphatic carbocycles. The zero-order valence-electron chi connectivity index (χ0n) is 13.0. The fourth-order valence-electron chi connectivity index (χ4n) is 3.44. The molecule has 24 heavy (non-hydrogen) atoms. The molecule has 0 saturated heterocycles. The maximum atomic E-state index is 13.0. The number of aromatic carboxylic acids is 1. The van der Waals surface area contributed by atoms with Crippen molar-refractivity contribution in [2.45, 2.75) is 6.92 Å². The number of aryl methyl sites for hydroxylation is 1. The van der Waals surface area contributed by atoms with Crippen molar-refractivity contribution in [3.8, 4) is 0 Å². The van der Waals surface area contributed by atoms with Crippen LogP contribution in [0.1, 0.15) is 15.9 Å². The maximum Gasteiger partial charge on any atom is 0.335 e. The summed E-state index contributed by atoms with van der Waals surface area (Å²) in [5.41, 5.74) is 1.04. The summed E-state index contributed by atoms with van der Waals surface area (Å²) in [5, 5.41) is 14.0. The molecule has 0 fully saturated rings. The van der Waals surface area contributed by atoms with E-state index in [1.807, 2.05) is 49.4 Å². The highest BCUT2D eigenvalue weighted by atomic mass is 16.4. The predicted molar refractivity (Wildman–Crippen MR) is 96.9 cm³/mol. The molecule has 0 spiro atoms. The summed E-state index contributed by atoms with van der Waals surface area (Å²) < 4.78 is 0. The first-order chi connectivity index (χ1) is 11.6. The molecule has 0 unspecified atom stereocenters. The van der Waals surface area contributed by atoms with Crippen molar-refractivity contribution in [3.63, 3.8) is 0 Å². The first-order valence-electron chi connectivity index (χ1n) is 7.69. The molecule has 4 rings (SSSR count). The van der Waals surface area contributed by atoms with Crippen LogP contribution in [0.4, 0.5) is 0 Å². The van der Waals surface area contributed by atoms with Gasteiger partial charge in [-0.05, 0) is 46.2 Å². The summed E-state index contributed by atoms with van der Waals surface area (Å²) in [6, 6.07) is 18.2. The van der Waals surface area contributed by atoms with E-state index in [0.29, 0.717) is 10.8 Å². The van der Waals surface area contributed by atoms with E-state index in [-0.39, 0.29) is 11.0 Å². The third kappa shape index (κ3) is 1.98. The average Bonchev–Trinajstić information content (AvgIpc) is 2.70. The van der Waals surface area contributed by atoms with Crippen molar-refractivity contribution in [2.75, 3.05) is 0 Å². The summed E-state index contributed by atoms with van der Waals surface area (Å²) in [5.74, 6) is -0.970. The molecule has 4 aromatic rings. The molecule has 0 radical (unpaired) electrons. The van der Waals surface area contributed by atoms with Crippen molar-refractivity contribution in [3.05, 3.63) is 82.0 Å². The molecule has 4 aromatic carbocycles. The summed E-state index contributed by atoms with van der Waals surface area (Å²) in [6.45, 7) is 1.89. The van der Waals surface area contributed by atoms with E-state index in [4.69, 9.17) is 0 Å². The summed E-state index contributed by atoms with van der Waals surface area (Å²) >= 11 is 0. The molecule has 116 valence electrons. The number of hydrogen-bond donors (Lipinski definition) is 1. The number of carboxylic acids is 1. The van der Waals surface area contributed by atoms with Gasteiger partial charge in [0.05, 0.1) is 5.56 Å². The van der Waals surface area contributed by atoms with Gasteiger partial charge < -0.3 is 5.11 Å². The Morgan fingerprint density at radius 2 is 1.33 bits per heavy atom. The Balaban J connectivity index is 2.47. The van der Waals surface area contributed by atoms with Crippen molar-refractivity contribution in [2.24, 2.45) is 0 Å². The Bertz CT molecular complexity index is 1210. The molecule has 0 aliphatic rings. The van der Waals surface area contributed by atoms with Gasteiger partial charge in [-0.2, -0.15) is 0 Å². The van der Waals surface area contributed by atoms with Crippen LogP contribution in [-0.2, 0) is 0 Å². The fourth-order valence-corrected chi connectivity index (χ4v) is 3.44. The van der Waals surface area contributed by atoms with Gasteiger partial charge in [0.25, 0.3) is 0 Å². The SMILES string of the molecule is Cc1cc(C(=O)O)cc2c3ccccc3c(=O)c3ccccc3c12. The first-order valence-corrected chi connectivity index (χ1v) is 7.69. The zero-order valence-corrected chi connectivity index (χ0v) is 13.0. The molecule has 3 heteroatoms. The Hall–Kier alpha value is -3.20. The third-order valence-corrected chi connectivity index (χ3v) is 4.49. The number of benzene rings is 3. The molecule has 1 N–H and O–H groups in total. The fraction of sp³-hybridized carbons (Fsp3) is 0.0476. The van der Waals surface area contributed by atoms with Crippen LogP contribution in [-0.4, -0.2) is 11.1 Å². The van der Waals surface area contributed by atoms with Gasteiger partial charge >= 0.3 is 5.97 Å². The predicted octanol–water partition coefficient (Wildman–Crippen LogP) is 4.51. The van der Waals surface area contributed by atoms with Gasteiger partial charge in [0.15, 0.2) is 5.43 Å². The standard InChI is InChI=1S/C21H14O3/c1-12-10-13(21(23)24)11-18-14-6-2-4-8-16(14)20(22)17-9-5-3-7-15(17)19(12)18/h2-11H,1H3,(H,23,24). The van der Waals surface area contributed by atoms with E-state index in [1.54, 1.807) is 18.2 Å². The molecule has 0 bridgehead atoms. The second-order valence-corrected chi connectivity index (χ2v) is 5.94. The Kier molecular flexibility index (Phi) is 3.10. The Morgan fingerprint density at radius 1 is 0.792 bits per heavy atom. The van der Waals surface area contributed by atoms with Crippen LogP contribution in [0.3, 0.4) is 0 Å². The average molecular weight is 314 g/mol. The highest BCUT2D eigenvalue weighted by molar-refractivity contribution is 6.19. The molecule has 0 aliphatic heterocycles. The molecule has 3 nitrogen and oxygen atoms in total. The molecule has 0 amide bonds. The van der Waals surface area contributed by atoms with E-state index in [2.05, 4.69) is 0 Å². The van der Waals surface area contributed by atoms with Crippen molar-refractivity contribution >= 4 is 38.3 Å². The molecule has 0 aromatic heterocycles. The van der Waals surface area contributed by atoms with Crippen LogP contribution in [0.15, 0.2) is 65.5 Å². The number of carbonyl (C=O) groups is 1. The van der Waals surface area contributed by atoms with Crippen molar-refractivity contribution < 1.29 is 9.90 Å². The lowest BCUT2D eigenvalue weighted by atomic mass is 9.98. The molecule has 0 heterocycles. The topological polar surface area (TPSA) is 54.4 Å². The smallest absolute Gasteiger partial charge is 0.335 e. The van der Waals surface area contributed by atoms with Crippen LogP contribution in [0.2, 0.25) is 0 Å². The van der Waals surface area contributed by atoms with Crippen LogP contribution in [0.25, 0.3) is 32.3 Å². The van der Waals surface area contributed by atoms with Crippen LogP contribution in [0, 0.1) is 6.92 Å². The largest absolute Gasteiger partial charge is 0.478 e. The van der Waals surface area contributed by atoms with E-state index >= 15 is 0 Å². The van der Waals surface area contributed by atoms with Gasteiger partial charge in [0.1, 0.15) is 0 Å². The Morgan fingerprint density at radius 3 is 1.96 bits per heavy atom. The highest BCUT2D eigenvalue weighted by Gasteiger charge is 2.13. The third-order valence-electron chi connectivity index (χ3n) is 4.49. The van der Waals surface area contributed by atoms with Gasteiger partial charge in [-0.15, -0.1) is 0 Å². The second kappa shape index (κ2) is 5.17. The minimum atomic E-state index is -0.970. The van der Waals surface area contributed by atoms with Crippen molar-refractivity contribution in [1.29, 1.82) is 0 Å². The van der Waals surface area contributed by atoms with E-state index in [9.17, 15) is 14.7 Å². The van der Waals surface area contributed by atoms with Crippen molar-refractivity contribution in [1.82, 2.24) is 0 Å². The molecular weight excluding hydrogens is 300 g/mol. The van der Waals surface area contributed by atoms with E-state index in [1.165, 1.54) is 0 Å².